The minimum atomic E-state index is -0.0742. The molecule has 1 amide bonds. The molecule has 1 aromatic carbocycles. The smallest absolute Gasteiger partial charge is 0.255 e. The zero-order chi connectivity index (χ0) is 14.9. The summed E-state index contributed by atoms with van der Waals surface area (Å²) in [6.07, 6.45) is 0. The summed E-state index contributed by atoms with van der Waals surface area (Å²) in [5, 5.41) is 0.976. The summed E-state index contributed by atoms with van der Waals surface area (Å²) < 4.78 is 1.71. The summed E-state index contributed by atoms with van der Waals surface area (Å²) in [6.45, 7) is 0.401. The Morgan fingerprint density at radius 3 is 2.65 bits per heavy atom. The zero-order valence-corrected chi connectivity index (χ0v) is 15.8. The Morgan fingerprint density at radius 2 is 2.05 bits per heavy atom. The molecule has 0 bridgehead atoms. The topological polar surface area (TPSA) is 20.3 Å². The average Bonchev–Trinajstić information content (AvgIpc) is 2.73. The fourth-order valence-corrected chi connectivity index (χ4v) is 4.85. The van der Waals surface area contributed by atoms with Crippen LogP contribution in [0.4, 0.5) is 0 Å². The number of halogens is 4. The molecule has 0 aliphatic heterocycles. The summed E-state index contributed by atoms with van der Waals surface area (Å²) in [7, 11) is 1.73. The van der Waals surface area contributed by atoms with Crippen LogP contribution in [0.3, 0.4) is 0 Å². The van der Waals surface area contributed by atoms with Crippen LogP contribution in [0.25, 0.3) is 0 Å². The van der Waals surface area contributed by atoms with Gasteiger partial charge in [-0.1, -0.05) is 35.3 Å². The van der Waals surface area contributed by atoms with E-state index in [2.05, 4.69) is 31.9 Å². The fraction of sp³-hybridized carbons (Fsp3) is 0.154. The number of hydrogen-bond donors (Lipinski definition) is 0. The van der Waals surface area contributed by atoms with Gasteiger partial charge in [-0.15, -0.1) is 11.3 Å². The Bertz CT molecular complexity index is 660. The molecule has 2 rings (SSSR count). The SMILES string of the molecule is CN(Cc1cccc(Cl)c1Cl)C(=O)c1cc(Br)sc1Br. The highest BCUT2D eigenvalue weighted by atomic mass is 79.9. The Hall–Kier alpha value is -0.0700. The minimum absolute atomic E-state index is 0.0742. The van der Waals surface area contributed by atoms with Crippen molar-refractivity contribution in [1.29, 1.82) is 0 Å². The van der Waals surface area contributed by atoms with E-state index in [1.165, 1.54) is 11.3 Å². The first kappa shape index (κ1) is 16.3. The van der Waals surface area contributed by atoms with Gasteiger partial charge < -0.3 is 4.90 Å². The molecule has 0 aliphatic carbocycles. The van der Waals surface area contributed by atoms with Crippen LogP contribution in [0.1, 0.15) is 15.9 Å². The number of benzene rings is 1. The lowest BCUT2D eigenvalue weighted by Gasteiger charge is -2.18. The first-order valence-electron chi connectivity index (χ1n) is 5.53. The van der Waals surface area contributed by atoms with Gasteiger partial charge in [-0.25, -0.2) is 0 Å². The molecule has 0 fully saturated rings. The predicted octanol–water partition coefficient (Wildman–Crippen LogP) is 5.85. The number of carbonyl (C=O) groups is 1. The van der Waals surface area contributed by atoms with Gasteiger partial charge in [0.1, 0.15) is 0 Å². The van der Waals surface area contributed by atoms with Gasteiger partial charge >= 0.3 is 0 Å². The Labute approximate surface area is 147 Å². The molecular weight excluding hydrogens is 449 g/mol. The summed E-state index contributed by atoms with van der Waals surface area (Å²) >= 11 is 20.3. The third-order valence-electron chi connectivity index (χ3n) is 2.67. The van der Waals surface area contributed by atoms with E-state index in [1.54, 1.807) is 24.1 Å². The van der Waals surface area contributed by atoms with Gasteiger partial charge in [-0.05, 0) is 49.6 Å². The maximum atomic E-state index is 12.4. The second-order valence-electron chi connectivity index (χ2n) is 4.11. The summed E-state index contributed by atoms with van der Waals surface area (Å²) in [6, 6.07) is 7.20. The largest absolute Gasteiger partial charge is 0.337 e. The Morgan fingerprint density at radius 1 is 1.35 bits per heavy atom. The van der Waals surface area contributed by atoms with E-state index in [0.29, 0.717) is 22.2 Å². The minimum Gasteiger partial charge on any atom is -0.337 e. The van der Waals surface area contributed by atoms with E-state index in [-0.39, 0.29) is 5.91 Å². The van der Waals surface area contributed by atoms with Crippen molar-refractivity contribution in [3.05, 3.63) is 53.0 Å². The summed E-state index contributed by atoms with van der Waals surface area (Å²) in [5.41, 5.74) is 1.45. The van der Waals surface area contributed by atoms with E-state index in [9.17, 15) is 4.79 Å². The van der Waals surface area contributed by atoms with Gasteiger partial charge in [-0.3, -0.25) is 4.79 Å². The van der Waals surface area contributed by atoms with Crippen LogP contribution in [0.5, 0.6) is 0 Å². The molecular formula is C13H9Br2Cl2NOS. The number of carbonyl (C=O) groups excluding carboxylic acids is 1. The Kier molecular flexibility index (Phi) is 5.54. The third-order valence-corrected chi connectivity index (χ3v) is 5.87. The molecule has 0 radical (unpaired) electrons. The third kappa shape index (κ3) is 3.57. The fourth-order valence-electron chi connectivity index (χ4n) is 1.69. The molecule has 1 aromatic heterocycles. The number of thiophene rings is 1. The van der Waals surface area contributed by atoms with Crippen LogP contribution >= 0.6 is 66.4 Å². The van der Waals surface area contributed by atoms with Gasteiger partial charge in [0.05, 0.1) is 23.2 Å². The van der Waals surface area contributed by atoms with Crippen molar-refractivity contribution >= 4 is 72.3 Å². The molecule has 2 aromatic rings. The van der Waals surface area contributed by atoms with E-state index >= 15 is 0 Å². The number of amides is 1. The lowest BCUT2D eigenvalue weighted by molar-refractivity contribution is 0.0785. The van der Waals surface area contributed by atoms with Gasteiger partial charge in [0, 0.05) is 13.6 Å². The van der Waals surface area contributed by atoms with Crippen LogP contribution in [0, 0.1) is 0 Å². The molecule has 106 valence electrons. The first-order chi connectivity index (χ1) is 9.40. The molecule has 0 aliphatic rings. The van der Waals surface area contributed by atoms with Gasteiger partial charge in [-0.2, -0.15) is 0 Å². The molecule has 0 unspecified atom stereocenters. The highest BCUT2D eigenvalue weighted by Crippen LogP contribution is 2.33. The second kappa shape index (κ2) is 6.79. The molecule has 0 saturated carbocycles. The molecule has 0 saturated heterocycles. The van der Waals surface area contributed by atoms with Crippen molar-refractivity contribution in [2.45, 2.75) is 6.54 Å². The normalized spacial score (nSPS) is 10.7. The molecule has 1 heterocycles. The van der Waals surface area contributed by atoms with E-state index in [0.717, 1.165) is 13.1 Å². The van der Waals surface area contributed by atoms with Gasteiger partial charge in [0.2, 0.25) is 0 Å². The molecule has 20 heavy (non-hydrogen) atoms. The highest BCUT2D eigenvalue weighted by molar-refractivity contribution is 9.12. The van der Waals surface area contributed by atoms with Gasteiger partial charge in [0.25, 0.3) is 5.91 Å². The average molecular weight is 458 g/mol. The van der Waals surface area contributed by atoms with E-state index in [1.807, 2.05) is 12.1 Å². The van der Waals surface area contributed by atoms with Crippen molar-refractivity contribution in [1.82, 2.24) is 4.90 Å². The maximum Gasteiger partial charge on any atom is 0.255 e. The standard InChI is InChI=1S/C13H9Br2Cl2NOS/c1-18(6-7-3-2-4-9(16)11(7)17)13(19)8-5-10(14)20-12(8)15/h2-5H,6H2,1H3. The number of nitrogens with zero attached hydrogens (tertiary/aromatic N) is 1. The van der Waals surface area contributed by atoms with Crippen LogP contribution in [0.2, 0.25) is 10.0 Å². The summed E-state index contributed by atoms with van der Waals surface area (Å²) in [4.78, 5) is 14.0. The van der Waals surface area contributed by atoms with Crippen LogP contribution in [0.15, 0.2) is 31.8 Å². The van der Waals surface area contributed by atoms with E-state index < -0.39 is 0 Å². The lowest BCUT2D eigenvalue weighted by Crippen LogP contribution is -2.26. The molecule has 0 spiro atoms. The maximum absolute atomic E-state index is 12.4. The molecule has 0 atom stereocenters. The van der Waals surface area contributed by atoms with Crippen LogP contribution in [-0.2, 0) is 6.54 Å². The monoisotopic (exact) mass is 455 g/mol. The van der Waals surface area contributed by atoms with Crippen molar-refractivity contribution < 1.29 is 4.79 Å². The second-order valence-corrected chi connectivity index (χ2v) is 8.65. The Balaban J connectivity index is 2.20. The highest BCUT2D eigenvalue weighted by Gasteiger charge is 2.18. The number of hydrogen-bond acceptors (Lipinski definition) is 2. The van der Waals surface area contributed by atoms with Crippen molar-refractivity contribution in [3.8, 4) is 0 Å². The lowest BCUT2D eigenvalue weighted by atomic mass is 10.2. The van der Waals surface area contributed by atoms with Gasteiger partial charge in [0.15, 0.2) is 0 Å². The van der Waals surface area contributed by atoms with Crippen LogP contribution < -0.4 is 0 Å². The molecule has 2 nitrogen and oxygen atoms in total. The predicted molar refractivity (Wildman–Crippen MR) is 92.0 cm³/mol. The van der Waals surface area contributed by atoms with Crippen molar-refractivity contribution in [2.75, 3.05) is 7.05 Å². The first-order valence-corrected chi connectivity index (χ1v) is 8.69. The summed E-state index contributed by atoms with van der Waals surface area (Å²) in [5.74, 6) is -0.0742. The zero-order valence-electron chi connectivity index (χ0n) is 10.3. The molecule has 7 heteroatoms. The van der Waals surface area contributed by atoms with Crippen LogP contribution in [-0.4, -0.2) is 17.9 Å². The van der Waals surface area contributed by atoms with Crippen molar-refractivity contribution in [2.24, 2.45) is 0 Å². The van der Waals surface area contributed by atoms with E-state index in [4.69, 9.17) is 23.2 Å². The van der Waals surface area contributed by atoms with Crippen molar-refractivity contribution in [3.63, 3.8) is 0 Å². The quantitative estimate of drug-likeness (QED) is 0.566. The number of rotatable bonds is 3. The molecule has 0 N–H and O–H groups in total.